The molecule has 1 heterocycles. The van der Waals surface area contributed by atoms with Crippen molar-refractivity contribution in [3.63, 3.8) is 0 Å². The van der Waals surface area contributed by atoms with Crippen molar-refractivity contribution in [2.24, 2.45) is 0 Å². The number of carbonyl (C=O) groups is 2. The molecule has 4 rings (SSSR count). The molecule has 2 N–H and O–H groups in total. The predicted molar refractivity (Wildman–Crippen MR) is 140 cm³/mol. The fraction of sp³-hybridized carbons (Fsp3) is 0.185. The maximum atomic E-state index is 12.9. The molecule has 0 fully saturated rings. The van der Waals surface area contributed by atoms with Gasteiger partial charge in [0.25, 0.3) is 0 Å². The zero-order valence-electron chi connectivity index (χ0n) is 19.9. The first kappa shape index (κ1) is 24.2. The molecule has 0 saturated carbocycles. The molecule has 1 amide bonds. The first-order chi connectivity index (χ1) is 16.9. The molecule has 0 aliphatic carbocycles. The van der Waals surface area contributed by atoms with E-state index in [9.17, 15) is 9.59 Å². The monoisotopic (exact) mass is 485 g/mol. The molecule has 3 aromatic carbocycles. The van der Waals surface area contributed by atoms with Gasteiger partial charge in [-0.2, -0.15) is 0 Å². The summed E-state index contributed by atoms with van der Waals surface area (Å²) in [5.74, 6) is 0.569. The number of para-hydroxylation sites is 1. The summed E-state index contributed by atoms with van der Waals surface area (Å²) in [5.41, 5.74) is 4.35. The molecule has 1 aromatic heterocycles. The number of hydrogen-bond acceptors (Lipinski definition) is 6. The van der Waals surface area contributed by atoms with Crippen LogP contribution in [0.4, 0.5) is 11.4 Å². The van der Waals surface area contributed by atoms with Crippen molar-refractivity contribution in [2.45, 2.75) is 37.7 Å². The third-order valence-electron chi connectivity index (χ3n) is 5.39. The lowest BCUT2D eigenvalue weighted by Crippen LogP contribution is -2.23. The van der Waals surface area contributed by atoms with E-state index in [-0.39, 0.29) is 11.7 Å². The van der Waals surface area contributed by atoms with Gasteiger partial charge in [0.15, 0.2) is 16.8 Å². The average Bonchev–Trinajstić information content (AvgIpc) is 3.26. The van der Waals surface area contributed by atoms with Crippen molar-refractivity contribution in [3.05, 3.63) is 95.8 Å². The molecule has 0 saturated heterocycles. The highest BCUT2D eigenvalue weighted by Crippen LogP contribution is 2.27. The van der Waals surface area contributed by atoms with Gasteiger partial charge in [-0.1, -0.05) is 42.1 Å². The van der Waals surface area contributed by atoms with Crippen molar-refractivity contribution in [2.75, 3.05) is 10.6 Å². The molecular weight excluding hydrogens is 458 g/mol. The van der Waals surface area contributed by atoms with Crippen LogP contribution in [-0.2, 0) is 11.3 Å². The Labute approximate surface area is 209 Å². The van der Waals surface area contributed by atoms with Crippen LogP contribution in [0.2, 0.25) is 0 Å². The number of nitrogens with zero attached hydrogens (tertiary/aromatic N) is 3. The van der Waals surface area contributed by atoms with Crippen LogP contribution in [0.1, 0.15) is 35.6 Å². The number of carbonyl (C=O) groups excluding carboxylic acids is 2. The standard InChI is InChI=1S/C27H27N5O2S/c1-18-8-7-9-23(16-18)28-17-25-30-31-27(32(25)24-10-5-4-6-11-24)35-20(3)26(34)29-22-14-12-21(13-15-22)19(2)33/h4-16,20,28H,17H2,1-3H3,(H,29,34)/t20-/m1/s1. The third kappa shape index (κ3) is 6.16. The number of amides is 1. The maximum absolute atomic E-state index is 12.9. The van der Waals surface area contributed by atoms with Crippen molar-refractivity contribution >= 4 is 34.8 Å². The molecule has 4 aromatic rings. The SMILES string of the molecule is CC(=O)c1ccc(NC(=O)[C@@H](C)Sc2nnc(CNc3cccc(C)c3)n2-c2ccccc2)cc1. The predicted octanol–water partition coefficient (Wildman–Crippen LogP) is 5.51. The fourth-order valence-electron chi connectivity index (χ4n) is 3.51. The van der Waals surface area contributed by atoms with Crippen LogP contribution in [0.15, 0.2) is 84.0 Å². The highest BCUT2D eigenvalue weighted by Gasteiger charge is 2.21. The molecule has 0 aliphatic rings. The largest absolute Gasteiger partial charge is 0.378 e. The lowest BCUT2D eigenvalue weighted by atomic mass is 10.1. The Hall–Kier alpha value is -3.91. The van der Waals surface area contributed by atoms with Crippen LogP contribution in [0.25, 0.3) is 5.69 Å². The molecule has 0 bridgehead atoms. The summed E-state index contributed by atoms with van der Waals surface area (Å²) in [4.78, 5) is 24.3. The highest BCUT2D eigenvalue weighted by atomic mass is 32.2. The Bertz CT molecular complexity index is 1320. The number of ketones is 1. The molecule has 0 unspecified atom stereocenters. The number of anilines is 2. The van der Waals surface area contributed by atoms with Crippen LogP contribution in [-0.4, -0.2) is 31.7 Å². The van der Waals surface area contributed by atoms with Crippen molar-refractivity contribution in [1.29, 1.82) is 0 Å². The quantitative estimate of drug-likeness (QED) is 0.240. The Morgan fingerprint density at radius 2 is 1.69 bits per heavy atom. The summed E-state index contributed by atoms with van der Waals surface area (Å²) in [6.07, 6.45) is 0. The van der Waals surface area contributed by atoms with E-state index in [1.807, 2.05) is 54.0 Å². The zero-order valence-corrected chi connectivity index (χ0v) is 20.7. The summed E-state index contributed by atoms with van der Waals surface area (Å²) in [6.45, 7) is 5.88. The molecule has 7 nitrogen and oxygen atoms in total. The molecule has 1 atom stereocenters. The number of Topliss-reactive ketones (excluding diaryl/α,β-unsaturated/α-hetero) is 1. The number of rotatable bonds is 9. The molecular formula is C27H27N5O2S. The minimum absolute atomic E-state index is 0.0141. The molecule has 0 aliphatic heterocycles. The second kappa shape index (κ2) is 11.0. The van der Waals surface area contributed by atoms with Gasteiger partial charge in [0, 0.05) is 22.6 Å². The summed E-state index contributed by atoms with van der Waals surface area (Å²) < 4.78 is 1.97. The lowest BCUT2D eigenvalue weighted by molar-refractivity contribution is -0.115. The van der Waals surface area contributed by atoms with Crippen LogP contribution in [0, 0.1) is 6.92 Å². The molecule has 0 spiro atoms. The Morgan fingerprint density at radius 1 is 0.943 bits per heavy atom. The van der Waals surface area contributed by atoms with E-state index in [1.165, 1.54) is 24.2 Å². The summed E-state index contributed by atoms with van der Waals surface area (Å²) >= 11 is 1.34. The normalized spacial score (nSPS) is 11.6. The maximum Gasteiger partial charge on any atom is 0.237 e. The van der Waals surface area contributed by atoms with Crippen LogP contribution in [0.5, 0.6) is 0 Å². The Kier molecular flexibility index (Phi) is 7.62. The Balaban J connectivity index is 1.51. The van der Waals surface area contributed by atoms with Gasteiger partial charge in [-0.05, 0) is 74.9 Å². The number of hydrogen-bond donors (Lipinski definition) is 2. The van der Waals surface area contributed by atoms with E-state index in [0.29, 0.717) is 23.0 Å². The fourth-order valence-corrected chi connectivity index (χ4v) is 4.39. The smallest absolute Gasteiger partial charge is 0.237 e. The van der Waals surface area contributed by atoms with Gasteiger partial charge in [0.1, 0.15) is 0 Å². The average molecular weight is 486 g/mol. The molecule has 8 heteroatoms. The number of thioether (sulfide) groups is 1. The first-order valence-corrected chi connectivity index (χ1v) is 12.2. The van der Waals surface area contributed by atoms with Crippen LogP contribution < -0.4 is 10.6 Å². The van der Waals surface area contributed by atoms with E-state index >= 15 is 0 Å². The summed E-state index contributed by atoms with van der Waals surface area (Å²) in [6, 6.07) is 24.9. The first-order valence-electron chi connectivity index (χ1n) is 11.3. The summed E-state index contributed by atoms with van der Waals surface area (Å²) in [5, 5.41) is 15.3. The Morgan fingerprint density at radius 3 is 2.37 bits per heavy atom. The second-order valence-corrected chi connectivity index (χ2v) is 9.48. The van der Waals surface area contributed by atoms with E-state index in [2.05, 4.69) is 39.9 Å². The van der Waals surface area contributed by atoms with Gasteiger partial charge < -0.3 is 10.6 Å². The van der Waals surface area contributed by atoms with Crippen molar-refractivity contribution in [1.82, 2.24) is 14.8 Å². The van der Waals surface area contributed by atoms with Gasteiger partial charge in [-0.15, -0.1) is 10.2 Å². The van der Waals surface area contributed by atoms with E-state index in [0.717, 1.165) is 17.2 Å². The van der Waals surface area contributed by atoms with Crippen LogP contribution in [0.3, 0.4) is 0 Å². The minimum Gasteiger partial charge on any atom is -0.378 e. The van der Waals surface area contributed by atoms with Gasteiger partial charge in [0.05, 0.1) is 11.8 Å². The lowest BCUT2D eigenvalue weighted by Gasteiger charge is -2.14. The topological polar surface area (TPSA) is 88.9 Å². The van der Waals surface area contributed by atoms with Gasteiger partial charge in [-0.3, -0.25) is 14.2 Å². The van der Waals surface area contributed by atoms with Gasteiger partial charge in [0.2, 0.25) is 5.91 Å². The number of aromatic nitrogens is 3. The molecule has 35 heavy (non-hydrogen) atoms. The molecule has 0 radical (unpaired) electrons. The van der Waals surface area contributed by atoms with E-state index in [1.54, 1.807) is 24.3 Å². The summed E-state index contributed by atoms with van der Waals surface area (Å²) in [7, 11) is 0. The number of aryl methyl sites for hydroxylation is 1. The third-order valence-corrected chi connectivity index (χ3v) is 6.44. The van der Waals surface area contributed by atoms with Crippen molar-refractivity contribution in [3.8, 4) is 5.69 Å². The van der Waals surface area contributed by atoms with Gasteiger partial charge in [-0.25, -0.2) is 0 Å². The van der Waals surface area contributed by atoms with Crippen LogP contribution >= 0.6 is 11.8 Å². The zero-order chi connectivity index (χ0) is 24.8. The van der Waals surface area contributed by atoms with Crippen molar-refractivity contribution < 1.29 is 9.59 Å². The highest BCUT2D eigenvalue weighted by molar-refractivity contribution is 8.00. The minimum atomic E-state index is -0.424. The van der Waals surface area contributed by atoms with Gasteiger partial charge >= 0.3 is 0 Å². The van der Waals surface area contributed by atoms with E-state index in [4.69, 9.17) is 0 Å². The van der Waals surface area contributed by atoms with E-state index < -0.39 is 5.25 Å². The number of nitrogens with one attached hydrogen (secondary N) is 2. The molecule has 178 valence electrons. The second-order valence-electron chi connectivity index (χ2n) is 8.18. The number of benzene rings is 3.